The number of aromatic nitrogens is 4. The number of benzene rings is 1. The number of amides is 1. The molecule has 0 bridgehead atoms. The number of nitrogens with zero attached hydrogens (tertiary/aromatic N) is 5. The van der Waals surface area contributed by atoms with Gasteiger partial charge in [0.25, 0.3) is 5.91 Å². The second-order valence-electron chi connectivity index (χ2n) is 7.79. The fraction of sp³-hybridized carbons (Fsp3) is 0.600. The maximum absolute atomic E-state index is 13.0. The predicted octanol–water partition coefficient (Wildman–Crippen LogP) is 2.58. The van der Waals surface area contributed by atoms with Crippen LogP contribution < -0.4 is 5.32 Å². The van der Waals surface area contributed by atoms with Gasteiger partial charge in [0.1, 0.15) is 6.33 Å². The Kier molecular flexibility index (Phi) is 5.48. The van der Waals surface area contributed by atoms with Gasteiger partial charge >= 0.3 is 0 Å². The van der Waals surface area contributed by atoms with Gasteiger partial charge in [-0.3, -0.25) is 9.69 Å². The molecule has 1 aliphatic heterocycles. The van der Waals surface area contributed by atoms with Gasteiger partial charge in [-0.25, -0.2) is 0 Å². The molecule has 1 N–H and O–H groups in total. The van der Waals surface area contributed by atoms with Crippen molar-refractivity contribution in [1.82, 2.24) is 30.4 Å². The summed E-state index contributed by atoms with van der Waals surface area (Å²) in [5.74, 6) is -0.0527. The van der Waals surface area contributed by atoms with E-state index in [9.17, 15) is 4.79 Å². The van der Waals surface area contributed by atoms with Crippen LogP contribution in [-0.2, 0) is 0 Å². The zero-order valence-electron chi connectivity index (χ0n) is 15.8. The van der Waals surface area contributed by atoms with E-state index in [2.05, 4.69) is 25.7 Å². The molecule has 27 heavy (non-hydrogen) atoms. The van der Waals surface area contributed by atoms with Crippen LogP contribution >= 0.6 is 0 Å². The zero-order chi connectivity index (χ0) is 18.5. The molecule has 0 unspecified atom stereocenters. The first-order valence-corrected chi connectivity index (χ1v) is 10.1. The first kappa shape index (κ1) is 18.1. The van der Waals surface area contributed by atoms with Crippen molar-refractivity contribution in [1.29, 1.82) is 0 Å². The number of hydrogen-bond donors (Lipinski definition) is 1. The number of carbonyl (C=O) groups excluding carboxylic acids is 1. The molecule has 4 rings (SSSR count). The number of tetrazole rings is 1. The molecule has 2 fully saturated rings. The second-order valence-corrected chi connectivity index (χ2v) is 7.79. The van der Waals surface area contributed by atoms with Crippen molar-refractivity contribution in [2.45, 2.75) is 56.9 Å². The maximum Gasteiger partial charge on any atom is 0.253 e. The van der Waals surface area contributed by atoms with Gasteiger partial charge in [0.05, 0.1) is 11.3 Å². The topological polar surface area (TPSA) is 75.9 Å². The van der Waals surface area contributed by atoms with Crippen LogP contribution in [0.2, 0.25) is 0 Å². The summed E-state index contributed by atoms with van der Waals surface area (Å²) in [6.45, 7) is 3.05. The Morgan fingerprint density at radius 3 is 2.52 bits per heavy atom. The van der Waals surface area contributed by atoms with E-state index in [1.807, 2.05) is 24.3 Å². The van der Waals surface area contributed by atoms with Crippen molar-refractivity contribution in [3.8, 4) is 5.69 Å². The van der Waals surface area contributed by atoms with Crippen LogP contribution in [0.5, 0.6) is 0 Å². The van der Waals surface area contributed by atoms with Crippen LogP contribution in [0.15, 0.2) is 30.6 Å². The number of para-hydroxylation sites is 1. The summed E-state index contributed by atoms with van der Waals surface area (Å²) >= 11 is 0. The molecule has 0 spiro atoms. The lowest BCUT2D eigenvalue weighted by molar-refractivity contribution is 0.0326. The van der Waals surface area contributed by atoms with Crippen LogP contribution in [0, 0.1) is 0 Å². The lowest BCUT2D eigenvalue weighted by Crippen LogP contribution is -2.58. The van der Waals surface area contributed by atoms with Gasteiger partial charge in [-0.15, -0.1) is 5.10 Å². The van der Waals surface area contributed by atoms with Crippen LogP contribution in [0.4, 0.5) is 0 Å². The molecule has 1 amide bonds. The van der Waals surface area contributed by atoms with Gasteiger partial charge in [0.2, 0.25) is 0 Å². The molecule has 1 saturated carbocycles. The number of piperidine rings is 1. The Labute approximate surface area is 160 Å². The Morgan fingerprint density at radius 2 is 1.78 bits per heavy atom. The minimum absolute atomic E-state index is 0.0527. The molecule has 2 aromatic rings. The normalized spacial score (nSPS) is 20.3. The second kappa shape index (κ2) is 8.17. The van der Waals surface area contributed by atoms with Crippen molar-refractivity contribution in [2.24, 2.45) is 0 Å². The van der Waals surface area contributed by atoms with Crippen molar-refractivity contribution in [3.63, 3.8) is 0 Å². The summed E-state index contributed by atoms with van der Waals surface area (Å²) in [6, 6.07) is 7.47. The molecule has 0 atom stereocenters. The molecule has 7 nitrogen and oxygen atoms in total. The highest BCUT2D eigenvalue weighted by Gasteiger charge is 2.38. The van der Waals surface area contributed by atoms with Gasteiger partial charge in [0, 0.05) is 12.1 Å². The van der Waals surface area contributed by atoms with Gasteiger partial charge in [-0.1, -0.05) is 37.8 Å². The largest absolute Gasteiger partial charge is 0.350 e. The smallest absolute Gasteiger partial charge is 0.253 e. The number of nitrogens with one attached hydrogen (secondary N) is 1. The van der Waals surface area contributed by atoms with E-state index in [-0.39, 0.29) is 11.4 Å². The highest BCUT2D eigenvalue weighted by molar-refractivity contribution is 5.97. The van der Waals surface area contributed by atoms with E-state index in [0.717, 1.165) is 19.6 Å². The van der Waals surface area contributed by atoms with Gasteiger partial charge in [0.15, 0.2) is 0 Å². The van der Waals surface area contributed by atoms with E-state index >= 15 is 0 Å². The molecule has 144 valence electrons. The summed E-state index contributed by atoms with van der Waals surface area (Å²) in [7, 11) is 0. The average molecular weight is 368 g/mol. The third-order valence-electron chi connectivity index (χ3n) is 6.13. The van der Waals surface area contributed by atoms with Gasteiger partial charge in [-0.05, 0) is 61.3 Å². The Hall–Kier alpha value is -2.28. The number of carbonyl (C=O) groups is 1. The maximum atomic E-state index is 13.0. The minimum Gasteiger partial charge on any atom is -0.350 e. The summed E-state index contributed by atoms with van der Waals surface area (Å²) in [4.78, 5) is 15.7. The molecule has 1 aromatic heterocycles. The number of rotatable bonds is 5. The predicted molar refractivity (Wildman–Crippen MR) is 103 cm³/mol. The third-order valence-corrected chi connectivity index (χ3v) is 6.13. The molecule has 7 heteroatoms. The SMILES string of the molecule is O=C(NCC1(N2CCCCC2)CCCCC1)c1ccccc1-n1cnnn1. The molecule has 2 aliphatic rings. The Bertz CT molecular complexity index is 748. The molecule has 1 aromatic carbocycles. The van der Waals surface area contributed by atoms with E-state index in [0.29, 0.717) is 11.3 Å². The van der Waals surface area contributed by atoms with Crippen LogP contribution in [-0.4, -0.2) is 56.2 Å². The highest BCUT2D eigenvalue weighted by Crippen LogP contribution is 2.35. The van der Waals surface area contributed by atoms with Crippen molar-refractivity contribution in [2.75, 3.05) is 19.6 Å². The standard InChI is InChI=1S/C20H28N6O/c27-19(17-9-3-4-10-18(17)26-16-22-23-24-26)21-15-20(11-5-1-6-12-20)25-13-7-2-8-14-25/h3-4,9-10,16H,1-2,5-8,11-15H2,(H,21,27). The first-order chi connectivity index (χ1) is 13.3. The zero-order valence-corrected chi connectivity index (χ0v) is 15.8. The molecule has 0 radical (unpaired) electrons. The minimum atomic E-state index is -0.0527. The fourth-order valence-corrected chi connectivity index (χ4v) is 4.66. The van der Waals surface area contributed by atoms with Crippen LogP contribution in [0.3, 0.4) is 0 Å². The average Bonchev–Trinajstić information content (AvgIpc) is 3.28. The number of likely N-dealkylation sites (tertiary alicyclic amines) is 1. The van der Waals surface area contributed by atoms with E-state index in [1.54, 1.807) is 0 Å². The van der Waals surface area contributed by atoms with E-state index in [1.165, 1.54) is 62.4 Å². The summed E-state index contributed by atoms with van der Waals surface area (Å²) in [6.07, 6.45) is 11.6. The Morgan fingerprint density at radius 1 is 1.04 bits per heavy atom. The lowest BCUT2D eigenvalue weighted by Gasteiger charge is -2.48. The molecule has 2 heterocycles. The molecular weight excluding hydrogens is 340 g/mol. The Balaban J connectivity index is 1.51. The molecule has 1 saturated heterocycles. The highest BCUT2D eigenvalue weighted by atomic mass is 16.1. The summed E-state index contributed by atoms with van der Waals surface area (Å²) in [5, 5.41) is 14.5. The number of hydrogen-bond acceptors (Lipinski definition) is 5. The van der Waals surface area contributed by atoms with Crippen molar-refractivity contribution in [3.05, 3.63) is 36.2 Å². The molecular formula is C20H28N6O. The third kappa shape index (κ3) is 3.88. The fourth-order valence-electron chi connectivity index (χ4n) is 4.66. The van der Waals surface area contributed by atoms with E-state index in [4.69, 9.17) is 0 Å². The molecule has 1 aliphatic carbocycles. The van der Waals surface area contributed by atoms with E-state index < -0.39 is 0 Å². The van der Waals surface area contributed by atoms with Gasteiger partial charge in [-0.2, -0.15) is 4.68 Å². The lowest BCUT2D eigenvalue weighted by atomic mass is 9.79. The van der Waals surface area contributed by atoms with Crippen molar-refractivity contribution < 1.29 is 4.79 Å². The summed E-state index contributed by atoms with van der Waals surface area (Å²) < 4.78 is 1.54. The monoisotopic (exact) mass is 368 g/mol. The van der Waals surface area contributed by atoms with Crippen LogP contribution in [0.25, 0.3) is 5.69 Å². The summed E-state index contributed by atoms with van der Waals surface area (Å²) in [5.41, 5.74) is 1.43. The quantitative estimate of drug-likeness (QED) is 0.878. The van der Waals surface area contributed by atoms with Crippen LogP contribution in [0.1, 0.15) is 61.7 Å². The van der Waals surface area contributed by atoms with Crippen molar-refractivity contribution >= 4 is 5.91 Å². The first-order valence-electron chi connectivity index (χ1n) is 10.1. The van der Waals surface area contributed by atoms with Gasteiger partial charge < -0.3 is 5.32 Å².